The van der Waals surface area contributed by atoms with E-state index in [0.29, 0.717) is 17.2 Å². The first kappa shape index (κ1) is 22.0. The molecule has 0 atom stereocenters. The molecule has 0 amide bonds. The Labute approximate surface area is 188 Å². The van der Waals surface area contributed by atoms with Crippen LogP contribution in [-0.4, -0.2) is 40.9 Å². The molecule has 166 valence electrons. The van der Waals surface area contributed by atoms with Crippen LogP contribution in [0.4, 0.5) is 5.82 Å². The lowest BCUT2D eigenvalue weighted by molar-refractivity contribution is 0.593. The molecule has 0 saturated carbocycles. The van der Waals surface area contributed by atoms with Gasteiger partial charge < -0.3 is 5.32 Å². The molecule has 0 unspecified atom stereocenters. The average molecular weight is 450 g/mol. The van der Waals surface area contributed by atoms with Gasteiger partial charge in [-0.1, -0.05) is 42.5 Å². The predicted molar refractivity (Wildman–Crippen MR) is 127 cm³/mol. The van der Waals surface area contributed by atoms with E-state index in [1.807, 2.05) is 42.5 Å². The number of aromatic amines is 1. The number of sulfone groups is 1. The van der Waals surface area contributed by atoms with E-state index in [1.54, 1.807) is 13.8 Å². The smallest absolute Gasteiger partial charge is 0.182 e. The number of rotatable bonds is 9. The van der Waals surface area contributed by atoms with E-state index in [9.17, 15) is 8.42 Å². The van der Waals surface area contributed by atoms with Crippen molar-refractivity contribution in [3.63, 3.8) is 0 Å². The number of nitrogens with one attached hydrogen (secondary N) is 2. The van der Waals surface area contributed by atoms with Crippen molar-refractivity contribution in [3.8, 4) is 0 Å². The molecule has 0 bridgehead atoms. The summed E-state index contributed by atoms with van der Waals surface area (Å²) in [5.41, 5.74) is 3.15. The number of aryl methyl sites for hydroxylation is 4. The Bertz CT molecular complexity index is 1300. The summed E-state index contributed by atoms with van der Waals surface area (Å²) in [5.74, 6) is 1.18. The molecule has 7 nitrogen and oxygen atoms in total. The van der Waals surface area contributed by atoms with Gasteiger partial charge in [-0.2, -0.15) is 5.10 Å². The second-order valence-corrected chi connectivity index (χ2v) is 9.90. The third kappa shape index (κ3) is 4.96. The molecular formula is C24H27N5O2S. The van der Waals surface area contributed by atoms with Crippen molar-refractivity contribution >= 4 is 26.6 Å². The van der Waals surface area contributed by atoms with Crippen LogP contribution in [0.2, 0.25) is 0 Å². The molecule has 0 radical (unpaired) electrons. The quantitative estimate of drug-likeness (QED) is 0.374. The van der Waals surface area contributed by atoms with Crippen LogP contribution >= 0.6 is 0 Å². The van der Waals surface area contributed by atoms with Crippen molar-refractivity contribution < 1.29 is 8.42 Å². The van der Waals surface area contributed by atoms with Crippen LogP contribution in [-0.2, 0) is 22.7 Å². The Balaban J connectivity index is 1.49. The molecular weight excluding hydrogens is 422 g/mol. The fourth-order valence-corrected chi connectivity index (χ4v) is 5.51. The van der Waals surface area contributed by atoms with Crippen LogP contribution in [0, 0.1) is 13.8 Å². The number of fused-ring (bicyclic) bond motifs is 1. The highest BCUT2D eigenvalue weighted by atomic mass is 32.2. The monoisotopic (exact) mass is 449 g/mol. The SMILES string of the molecule is Cc1n[nH]c(C)c1S(=O)(=O)CCc1nc(NCCCc2ccccc2)c2ccccc2n1. The first-order chi connectivity index (χ1) is 15.4. The summed E-state index contributed by atoms with van der Waals surface area (Å²) in [7, 11) is -3.49. The molecule has 2 aromatic heterocycles. The van der Waals surface area contributed by atoms with Crippen molar-refractivity contribution in [2.24, 2.45) is 0 Å². The summed E-state index contributed by atoms with van der Waals surface area (Å²) < 4.78 is 25.7. The van der Waals surface area contributed by atoms with E-state index >= 15 is 0 Å². The van der Waals surface area contributed by atoms with Gasteiger partial charge in [0.25, 0.3) is 0 Å². The van der Waals surface area contributed by atoms with Crippen LogP contribution < -0.4 is 5.32 Å². The number of hydrogen-bond acceptors (Lipinski definition) is 6. The number of aromatic nitrogens is 4. The van der Waals surface area contributed by atoms with Gasteiger partial charge in [0, 0.05) is 18.4 Å². The first-order valence-electron chi connectivity index (χ1n) is 10.7. The van der Waals surface area contributed by atoms with E-state index in [0.717, 1.165) is 36.1 Å². The normalized spacial score (nSPS) is 11.7. The Morgan fingerprint density at radius 2 is 1.69 bits per heavy atom. The van der Waals surface area contributed by atoms with Crippen LogP contribution in [0.15, 0.2) is 59.5 Å². The van der Waals surface area contributed by atoms with Gasteiger partial charge in [0.05, 0.1) is 22.7 Å². The third-order valence-electron chi connectivity index (χ3n) is 5.39. The fourth-order valence-electron chi connectivity index (χ4n) is 3.84. The molecule has 0 aliphatic rings. The minimum atomic E-state index is -3.49. The Kier molecular flexibility index (Phi) is 6.50. The molecule has 4 rings (SSSR count). The second-order valence-electron chi connectivity index (χ2n) is 7.85. The third-order valence-corrected chi connectivity index (χ3v) is 7.36. The van der Waals surface area contributed by atoms with Crippen molar-refractivity contribution in [1.29, 1.82) is 0 Å². The highest BCUT2D eigenvalue weighted by Gasteiger charge is 2.23. The van der Waals surface area contributed by atoms with Gasteiger partial charge >= 0.3 is 0 Å². The molecule has 0 aliphatic carbocycles. The predicted octanol–water partition coefficient (Wildman–Crippen LogP) is 4.03. The molecule has 32 heavy (non-hydrogen) atoms. The maximum absolute atomic E-state index is 12.9. The van der Waals surface area contributed by atoms with E-state index in [2.05, 4.69) is 37.6 Å². The molecule has 2 N–H and O–H groups in total. The lowest BCUT2D eigenvalue weighted by atomic mass is 10.1. The number of benzene rings is 2. The molecule has 0 aliphatic heterocycles. The van der Waals surface area contributed by atoms with Gasteiger partial charge in [0.1, 0.15) is 16.5 Å². The maximum Gasteiger partial charge on any atom is 0.182 e. The van der Waals surface area contributed by atoms with E-state index in [-0.39, 0.29) is 17.1 Å². The lowest BCUT2D eigenvalue weighted by Gasteiger charge is -2.11. The van der Waals surface area contributed by atoms with E-state index < -0.39 is 9.84 Å². The summed E-state index contributed by atoms with van der Waals surface area (Å²) >= 11 is 0. The molecule has 0 fully saturated rings. The minimum Gasteiger partial charge on any atom is -0.369 e. The van der Waals surface area contributed by atoms with Crippen LogP contribution in [0.5, 0.6) is 0 Å². The molecule has 2 aromatic carbocycles. The van der Waals surface area contributed by atoms with Crippen LogP contribution in [0.25, 0.3) is 10.9 Å². The zero-order valence-corrected chi connectivity index (χ0v) is 19.1. The number of anilines is 1. The summed E-state index contributed by atoms with van der Waals surface area (Å²) in [6, 6.07) is 18.2. The summed E-state index contributed by atoms with van der Waals surface area (Å²) in [5, 5.41) is 11.1. The summed E-state index contributed by atoms with van der Waals surface area (Å²) in [6.07, 6.45) is 2.17. The maximum atomic E-state index is 12.9. The Hall–Kier alpha value is -3.26. The number of H-pyrrole nitrogens is 1. The molecule has 4 aromatic rings. The topological polar surface area (TPSA) is 101 Å². The van der Waals surface area contributed by atoms with Crippen LogP contribution in [0.1, 0.15) is 29.2 Å². The first-order valence-corrected chi connectivity index (χ1v) is 12.4. The Morgan fingerprint density at radius 3 is 2.44 bits per heavy atom. The second kappa shape index (κ2) is 9.48. The van der Waals surface area contributed by atoms with Gasteiger partial charge in [-0.25, -0.2) is 18.4 Å². The molecule has 0 spiro atoms. The van der Waals surface area contributed by atoms with Crippen molar-refractivity contribution in [1.82, 2.24) is 20.2 Å². The van der Waals surface area contributed by atoms with Gasteiger partial charge in [0.15, 0.2) is 9.84 Å². The zero-order valence-electron chi connectivity index (χ0n) is 18.3. The fraction of sp³-hybridized carbons (Fsp3) is 0.292. The standard InChI is InChI=1S/C24H27N5O2S/c1-17-23(18(2)29-28-17)32(30,31)16-14-22-26-21-13-7-6-12-20(21)24(27-22)25-15-8-11-19-9-4-3-5-10-19/h3-7,9-10,12-13H,8,11,14-16H2,1-2H3,(H,28,29)(H,25,26,27). The highest BCUT2D eigenvalue weighted by molar-refractivity contribution is 7.91. The van der Waals surface area contributed by atoms with Crippen LogP contribution in [0.3, 0.4) is 0 Å². The lowest BCUT2D eigenvalue weighted by Crippen LogP contribution is -2.14. The molecule has 8 heteroatoms. The van der Waals surface area contributed by atoms with Crippen molar-refractivity contribution in [3.05, 3.63) is 77.4 Å². The number of nitrogens with zero attached hydrogens (tertiary/aromatic N) is 3. The Morgan fingerprint density at radius 1 is 0.938 bits per heavy atom. The average Bonchev–Trinajstić information content (AvgIpc) is 3.14. The minimum absolute atomic E-state index is 0.0694. The largest absolute Gasteiger partial charge is 0.369 e. The highest BCUT2D eigenvalue weighted by Crippen LogP contribution is 2.22. The van der Waals surface area contributed by atoms with E-state index in [4.69, 9.17) is 0 Å². The zero-order chi connectivity index (χ0) is 22.6. The van der Waals surface area contributed by atoms with Gasteiger partial charge in [-0.05, 0) is 44.4 Å². The number of hydrogen-bond donors (Lipinski definition) is 2. The van der Waals surface area contributed by atoms with Gasteiger partial charge in [-0.3, -0.25) is 5.10 Å². The van der Waals surface area contributed by atoms with E-state index in [1.165, 1.54) is 5.56 Å². The van der Waals surface area contributed by atoms with Gasteiger partial charge in [0.2, 0.25) is 0 Å². The molecule has 0 saturated heterocycles. The number of para-hydroxylation sites is 1. The van der Waals surface area contributed by atoms with Gasteiger partial charge in [-0.15, -0.1) is 0 Å². The van der Waals surface area contributed by atoms with Crippen molar-refractivity contribution in [2.75, 3.05) is 17.6 Å². The van der Waals surface area contributed by atoms with Crippen molar-refractivity contribution in [2.45, 2.75) is 38.0 Å². The summed E-state index contributed by atoms with van der Waals surface area (Å²) in [6.45, 7) is 4.18. The summed E-state index contributed by atoms with van der Waals surface area (Å²) in [4.78, 5) is 9.54. The molecule has 2 heterocycles.